The summed E-state index contributed by atoms with van der Waals surface area (Å²) in [5.41, 5.74) is 3.40. The van der Waals surface area contributed by atoms with E-state index >= 15 is 0 Å². The lowest BCUT2D eigenvalue weighted by Crippen LogP contribution is -2.32. The normalized spacial score (nSPS) is 14.6. The predicted octanol–water partition coefficient (Wildman–Crippen LogP) is 2.09. The number of nitrogens with zero attached hydrogens (tertiary/aromatic N) is 6. The van der Waals surface area contributed by atoms with Crippen molar-refractivity contribution in [2.45, 2.75) is 39.7 Å². The molecule has 25 heavy (non-hydrogen) atoms. The minimum atomic E-state index is -0.0639. The molecule has 0 unspecified atom stereocenters. The summed E-state index contributed by atoms with van der Waals surface area (Å²) < 4.78 is 1.81. The molecule has 0 bridgehead atoms. The highest BCUT2D eigenvalue weighted by Gasteiger charge is 2.20. The topological polar surface area (TPSA) is 67.2 Å². The number of piperidine rings is 1. The number of hydrogen-bond acceptors (Lipinski definition) is 5. The summed E-state index contributed by atoms with van der Waals surface area (Å²) in [6, 6.07) is 0. The molecular weight excluding hydrogens is 316 g/mol. The molecule has 3 rings (SSSR count). The van der Waals surface area contributed by atoms with E-state index in [-0.39, 0.29) is 5.91 Å². The van der Waals surface area contributed by atoms with Crippen molar-refractivity contribution in [3.05, 3.63) is 34.9 Å². The molecule has 0 spiro atoms. The van der Waals surface area contributed by atoms with Gasteiger partial charge in [0, 0.05) is 51.2 Å². The van der Waals surface area contributed by atoms with E-state index in [1.165, 1.54) is 19.3 Å². The van der Waals surface area contributed by atoms with Crippen molar-refractivity contribution in [1.82, 2.24) is 24.6 Å². The summed E-state index contributed by atoms with van der Waals surface area (Å²) in [5.74, 6) is 0.672. The third-order valence-corrected chi connectivity index (χ3v) is 4.93. The SMILES string of the molecule is Cc1nc(N2CCCCC2)ncc1C(=O)N(C)Cc1cnn(C)c1C. The van der Waals surface area contributed by atoms with Gasteiger partial charge in [-0.2, -0.15) is 5.10 Å². The van der Waals surface area contributed by atoms with Crippen LogP contribution in [0, 0.1) is 13.8 Å². The second kappa shape index (κ2) is 7.21. The molecule has 3 heterocycles. The zero-order valence-electron chi connectivity index (χ0n) is 15.5. The summed E-state index contributed by atoms with van der Waals surface area (Å²) in [6.07, 6.45) is 7.10. The van der Waals surface area contributed by atoms with Crippen molar-refractivity contribution in [3.8, 4) is 0 Å². The quantitative estimate of drug-likeness (QED) is 0.851. The molecule has 1 saturated heterocycles. The molecule has 7 nitrogen and oxygen atoms in total. The van der Waals surface area contributed by atoms with Crippen LogP contribution >= 0.6 is 0 Å². The molecule has 0 atom stereocenters. The smallest absolute Gasteiger partial charge is 0.257 e. The summed E-state index contributed by atoms with van der Waals surface area (Å²) >= 11 is 0. The highest BCUT2D eigenvalue weighted by atomic mass is 16.2. The van der Waals surface area contributed by atoms with Crippen LogP contribution in [0.15, 0.2) is 12.4 Å². The molecule has 0 saturated carbocycles. The van der Waals surface area contributed by atoms with E-state index in [2.05, 4.69) is 20.0 Å². The molecule has 1 aliphatic heterocycles. The van der Waals surface area contributed by atoms with Gasteiger partial charge < -0.3 is 9.80 Å². The maximum atomic E-state index is 12.8. The lowest BCUT2D eigenvalue weighted by atomic mass is 10.1. The lowest BCUT2D eigenvalue weighted by molar-refractivity contribution is 0.0783. The number of carbonyl (C=O) groups is 1. The van der Waals surface area contributed by atoms with Gasteiger partial charge in [-0.3, -0.25) is 9.48 Å². The van der Waals surface area contributed by atoms with Gasteiger partial charge in [0.05, 0.1) is 17.5 Å². The van der Waals surface area contributed by atoms with Gasteiger partial charge >= 0.3 is 0 Å². The Labute approximate surface area is 148 Å². The zero-order chi connectivity index (χ0) is 18.0. The van der Waals surface area contributed by atoms with Crippen molar-refractivity contribution < 1.29 is 4.79 Å². The van der Waals surface area contributed by atoms with E-state index in [4.69, 9.17) is 0 Å². The molecular formula is C18H26N6O. The fourth-order valence-corrected chi connectivity index (χ4v) is 3.14. The fraction of sp³-hybridized carbons (Fsp3) is 0.556. The minimum absolute atomic E-state index is 0.0639. The Morgan fingerprint density at radius 1 is 1.20 bits per heavy atom. The molecule has 0 aliphatic carbocycles. The van der Waals surface area contributed by atoms with Gasteiger partial charge in [0.2, 0.25) is 5.95 Å². The summed E-state index contributed by atoms with van der Waals surface area (Å²) in [7, 11) is 3.70. The molecule has 0 radical (unpaired) electrons. The average Bonchev–Trinajstić information content (AvgIpc) is 2.94. The van der Waals surface area contributed by atoms with Crippen LogP contribution in [0.25, 0.3) is 0 Å². The molecule has 2 aromatic rings. The van der Waals surface area contributed by atoms with E-state index in [1.807, 2.05) is 31.8 Å². The first-order valence-corrected chi connectivity index (χ1v) is 8.79. The summed E-state index contributed by atoms with van der Waals surface area (Å²) in [4.78, 5) is 25.7. The van der Waals surface area contributed by atoms with Gasteiger partial charge in [0.15, 0.2) is 0 Å². The first-order valence-electron chi connectivity index (χ1n) is 8.79. The van der Waals surface area contributed by atoms with Crippen molar-refractivity contribution in [2.24, 2.45) is 7.05 Å². The fourth-order valence-electron chi connectivity index (χ4n) is 3.14. The van der Waals surface area contributed by atoms with E-state index in [0.29, 0.717) is 12.1 Å². The van der Waals surface area contributed by atoms with Crippen LogP contribution < -0.4 is 4.90 Å². The second-order valence-corrected chi connectivity index (χ2v) is 6.76. The third-order valence-electron chi connectivity index (χ3n) is 4.93. The van der Waals surface area contributed by atoms with Gasteiger partial charge in [-0.25, -0.2) is 9.97 Å². The van der Waals surface area contributed by atoms with Crippen molar-refractivity contribution in [2.75, 3.05) is 25.0 Å². The van der Waals surface area contributed by atoms with E-state index in [0.717, 1.165) is 36.0 Å². The highest BCUT2D eigenvalue weighted by molar-refractivity contribution is 5.94. The van der Waals surface area contributed by atoms with Crippen molar-refractivity contribution >= 4 is 11.9 Å². The molecule has 1 amide bonds. The predicted molar refractivity (Wildman–Crippen MR) is 96.6 cm³/mol. The first kappa shape index (κ1) is 17.4. The lowest BCUT2D eigenvalue weighted by Gasteiger charge is -2.27. The van der Waals surface area contributed by atoms with Crippen LogP contribution in [-0.2, 0) is 13.6 Å². The monoisotopic (exact) mass is 342 g/mol. The third kappa shape index (κ3) is 3.65. The second-order valence-electron chi connectivity index (χ2n) is 6.76. The average molecular weight is 342 g/mol. The number of aryl methyl sites for hydroxylation is 2. The Kier molecular flexibility index (Phi) is 5.01. The van der Waals surface area contributed by atoms with Gasteiger partial charge in [-0.15, -0.1) is 0 Å². The molecule has 0 N–H and O–H groups in total. The van der Waals surface area contributed by atoms with Crippen LogP contribution in [0.2, 0.25) is 0 Å². The first-order chi connectivity index (χ1) is 12.0. The van der Waals surface area contributed by atoms with Crippen molar-refractivity contribution in [1.29, 1.82) is 0 Å². The number of anilines is 1. The molecule has 134 valence electrons. The van der Waals surface area contributed by atoms with Gasteiger partial charge in [-0.1, -0.05) is 0 Å². The summed E-state index contributed by atoms with van der Waals surface area (Å²) in [6.45, 7) is 6.39. The maximum Gasteiger partial charge on any atom is 0.257 e. The van der Waals surface area contributed by atoms with Crippen LogP contribution in [-0.4, -0.2) is 50.7 Å². The Morgan fingerprint density at radius 2 is 1.92 bits per heavy atom. The van der Waals surface area contributed by atoms with E-state index in [9.17, 15) is 4.79 Å². The van der Waals surface area contributed by atoms with E-state index in [1.54, 1.807) is 18.1 Å². The Hall–Kier alpha value is -2.44. The number of rotatable bonds is 4. The number of hydrogen-bond donors (Lipinski definition) is 0. The Balaban J connectivity index is 1.73. The molecule has 1 aliphatic rings. The number of amides is 1. The van der Waals surface area contributed by atoms with Crippen LogP contribution in [0.1, 0.15) is 46.6 Å². The van der Waals surface area contributed by atoms with Crippen molar-refractivity contribution in [3.63, 3.8) is 0 Å². The number of aromatic nitrogens is 4. The highest BCUT2D eigenvalue weighted by Crippen LogP contribution is 2.18. The largest absolute Gasteiger partial charge is 0.341 e. The van der Waals surface area contributed by atoms with E-state index < -0.39 is 0 Å². The van der Waals surface area contributed by atoms with Crippen LogP contribution in [0.4, 0.5) is 5.95 Å². The Morgan fingerprint density at radius 3 is 2.52 bits per heavy atom. The maximum absolute atomic E-state index is 12.8. The molecule has 0 aromatic carbocycles. The zero-order valence-corrected chi connectivity index (χ0v) is 15.5. The Bertz CT molecular complexity index is 763. The van der Waals surface area contributed by atoms with Gasteiger partial charge in [0.1, 0.15) is 0 Å². The molecule has 7 heteroatoms. The van der Waals surface area contributed by atoms with Crippen LogP contribution in [0.3, 0.4) is 0 Å². The van der Waals surface area contributed by atoms with Crippen LogP contribution in [0.5, 0.6) is 0 Å². The van der Waals surface area contributed by atoms with Gasteiger partial charge in [-0.05, 0) is 33.1 Å². The number of carbonyl (C=O) groups excluding carboxylic acids is 1. The summed E-state index contributed by atoms with van der Waals surface area (Å²) in [5, 5.41) is 4.23. The van der Waals surface area contributed by atoms with Gasteiger partial charge in [0.25, 0.3) is 5.91 Å². The molecule has 1 fully saturated rings. The standard InChI is InChI=1S/C18H26N6O/c1-13-16(11-19-18(21-13)24-8-6-5-7-9-24)17(25)22(3)12-15-10-20-23(4)14(15)2/h10-11H,5-9,12H2,1-4H3. The molecule has 2 aromatic heterocycles. The minimum Gasteiger partial charge on any atom is -0.341 e.